The van der Waals surface area contributed by atoms with Gasteiger partial charge in [0.25, 0.3) is 0 Å². The fourth-order valence-electron chi connectivity index (χ4n) is 11.1. The molecule has 2 aliphatic carbocycles. The number of benzene rings is 10. The highest BCUT2D eigenvalue weighted by Crippen LogP contribution is 2.50. The summed E-state index contributed by atoms with van der Waals surface area (Å²) >= 11 is 0. The van der Waals surface area contributed by atoms with Gasteiger partial charge in [0.2, 0.25) is 0 Å². The Labute approximate surface area is 374 Å². The number of fused-ring (bicyclic) bond motifs is 9. The average molecular weight is 814 g/mol. The molecular weight excluding hydrogens is 771 g/mol. The number of aromatic nitrogens is 1. The minimum atomic E-state index is 0.256. The van der Waals surface area contributed by atoms with E-state index >= 15 is 0 Å². The topological polar surface area (TPSA) is 4.93 Å². The molecule has 0 amide bonds. The molecule has 13 rings (SSSR count). The van der Waals surface area contributed by atoms with Gasteiger partial charge in [0.1, 0.15) is 0 Å². The maximum Gasteiger partial charge on any atom is 0.0541 e. The number of hydrogen-bond acceptors (Lipinski definition) is 0. The molecule has 11 aromatic rings. The first-order chi connectivity index (χ1) is 31.7. The van der Waals surface area contributed by atoms with Gasteiger partial charge in [-0.25, -0.2) is 0 Å². The van der Waals surface area contributed by atoms with Crippen LogP contribution in [0.25, 0.3) is 83.1 Å². The van der Waals surface area contributed by atoms with Crippen molar-refractivity contribution >= 4 is 21.8 Å². The Morgan fingerprint density at radius 3 is 1.59 bits per heavy atom. The van der Waals surface area contributed by atoms with E-state index in [1.807, 2.05) is 0 Å². The summed E-state index contributed by atoms with van der Waals surface area (Å²) in [6.07, 6.45) is 0.941. The Balaban J connectivity index is 0.804. The Kier molecular flexibility index (Phi) is 8.49. The predicted octanol–water partition coefficient (Wildman–Crippen LogP) is 16.3. The first-order valence-electron chi connectivity index (χ1n) is 22.5. The van der Waals surface area contributed by atoms with Gasteiger partial charge in [-0.15, -0.1) is 0 Å². The van der Waals surface area contributed by atoms with Crippen LogP contribution in [-0.2, 0) is 6.42 Å². The molecule has 0 bridgehead atoms. The van der Waals surface area contributed by atoms with Gasteiger partial charge in [-0.1, -0.05) is 200 Å². The highest BCUT2D eigenvalue weighted by molar-refractivity contribution is 6.10. The number of para-hydroxylation sites is 1. The van der Waals surface area contributed by atoms with Crippen molar-refractivity contribution in [1.82, 2.24) is 4.57 Å². The third-order valence-electron chi connectivity index (χ3n) is 14.1. The van der Waals surface area contributed by atoms with E-state index < -0.39 is 0 Å². The van der Waals surface area contributed by atoms with E-state index in [9.17, 15) is 0 Å². The smallest absolute Gasteiger partial charge is 0.0541 e. The van der Waals surface area contributed by atoms with E-state index in [1.165, 1.54) is 117 Å². The molecule has 1 atom stereocenters. The zero-order valence-corrected chi connectivity index (χ0v) is 35.3. The second kappa shape index (κ2) is 14.8. The molecule has 0 fully saturated rings. The molecule has 64 heavy (non-hydrogen) atoms. The highest BCUT2D eigenvalue weighted by Gasteiger charge is 2.31. The summed E-state index contributed by atoms with van der Waals surface area (Å²) in [5, 5.41) is 2.53. The van der Waals surface area contributed by atoms with E-state index in [0.29, 0.717) is 0 Å². The lowest BCUT2D eigenvalue weighted by molar-refractivity contribution is 0.827. The lowest BCUT2D eigenvalue weighted by Crippen LogP contribution is -2.01. The minimum absolute atomic E-state index is 0.256. The van der Waals surface area contributed by atoms with E-state index in [0.717, 1.165) is 6.42 Å². The molecule has 1 heteroatoms. The molecule has 0 aliphatic heterocycles. The van der Waals surface area contributed by atoms with Crippen molar-refractivity contribution in [1.29, 1.82) is 0 Å². The van der Waals surface area contributed by atoms with Crippen molar-refractivity contribution in [3.05, 3.63) is 270 Å². The lowest BCUT2D eigenvalue weighted by atomic mass is 9.87. The summed E-state index contributed by atoms with van der Waals surface area (Å²) in [7, 11) is 0. The van der Waals surface area contributed by atoms with Gasteiger partial charge in [-0.3, -0.25) is 0 Å². The van der Waals surface area contributed by atoms with E-state index in [-0.39, 0.29) is 11.8 Å². The zero-order valence-electron chi connectivity index (χ0n) is 35.3. The van der Waals surface area contributed by atoms with Gasteiger partial charge < -0.3 is 4.57 Å². The van der Waals surface area contributed by atoms with Crippen LogP contribution in [-0.4, -0.2) is 4.57 Å². The first-order valence-corrected chi connectivity index (χ1v) is 22.5. The maximum atomic E-state index is 2.43. The highest BCUT2D eigenvalue weighted by atomic mass is 15.0. The molecule has 1 nitrogen and oxygen atoms in total. The average Bonchev–Trinajstić information content (AvgIpc) is 4.00. The van der Waals surface area contributed by atoms with Crippen LogP contribution in [0.2, 0.25) is 0 Å². The van der Waals surface area contributed by atoms with Crippen LogP contribution in [0, 0.1) is 0 Å². The van der Waals surface area contributed by atoms with Crippen LogP contribution in [0.4, 0.5) is 0 Å². The van der Waals surface area contributed by atoms with Crippen LogP contribution in [0.15, 0.2) is 237 Å². The zero-order chi connectivity index (χ0) is 42.1. The molecule has 2 aliphatic rings. The van der Waals surface area contributed by atoms with E-state index in [1.54, 1.807) is 0 Å². The summed E-state index contributed by atoms with van der Waals surface area (Å²) in [5.74, 6) is 0.542. The molecule has 1 unspecified atom stereocenters. The first kappa shape index (κ1) is 36.6. The third-order valence-corrected chi connectivity index (χ3v) is 14.1. The Morgan fingerprint density at radius 2 is 0.828 bits per heavy atom. The van der Waals surface area contributed by atoms with Crippen molar-refractivity contribution in [2.45, 2.75) is 18.3 Å². The lowest BCUT2D eigenvalue weighted by Gasteiger charge is -2.16. The Morgan fingerprint density at radius 1 is 0.312 bits per heavy atom. The quantitative estimate of drug-likeness (QED) is 0.151. The number of nitrogens with zero attached hydrogens (tertiary/aromatic N) is 1. The Bertz CT molecular complexity index is 3530. The maximum absolute atomic E-state index is 2.43. The van der Waals surface area contributed by atoms with Crippen molar-refractivity contribution < 1.29 is 0 Å². The van der Waals surface area contributed by atoms with E-state index in [2.05, 4.69) is 241 Å². The fraction of sp³-hybridized carbons (Fsp3) is 0.0476. The summed E-state index contributed by atoms with van der Waals surface area (Å²) in [5.41, 5.74) is 24.8. The van der Waals surface area contributed by atoms with Gasteiger partial charge >= 0.3 is 0 Å². The monoisotopic (exact) mass is 813 g/mol. The molecule has 0 saturated carbocycles. The SMILES string of the molecule is c1ccc(-c2ccc(-n3c4ccccc4c4cc(-c5cccc(CC6c7ccccc7-c7cc(-c8ccc(C9c%10ccccc%10-c%10ccccc%109)cc8)ccc76)c5)ccc43)cc2)cc1. The van der Waals surface area contributed by atoms with Crippen molar-refractivity contribution in [3.63, 3.8) is 0 Å². The third kappa shape index (κ3) is 5.93. The van der Waals surface area contributed by atoms with Gasteiger partial charge in [-0.05, 0) is 132 Å². The molecule has 0 saturated heterocycles. The second-order valence-corrected chi connectivity index (χ2v) is 17.6. The molecule has 0 N–H and O–H groups in total. The number of hydrogen-bond donors (Lipinski definition) is 0. The summed E-state index contributed by atoms with van der Waals surface area (Å²) < 4.78 is 2.41. The number of rotatable bonds is 7. The van der Waals surface area contributed by atoms with Crippen molar-refractivity contribution in [3.8, 4) is 61.3 Å². The standard InChI is InChI=1S/C63H43N/c1-2-14-42(15-3-1)43-29-33-49(34-30-43)64-61-24-11-10-21-55(61)60-40-48(32-36-62(60)64)46-16-12-13-41(37-46)38-58-52-19-4-5-20-53(52)59-39-47(31-35-54(58)59)44-25-27-45(28-26-44)63-56-22-8-6-17-50(56)51-18-7-9-23-57(51)63/h1-37,39-40,58,63H,38H2. The van der Waals surface area contributed by atoms with Gasteiger partial charge in [0.05, 0.1) is 11.0 Å². The molecular formula is C63H43N. The largest absolute Gasteiger partial charge is 0.309 e. The minimum Gasteiger partial charge on any atom is -0.309 e. The predicted molar refractivity (Wildman–Crippen MR) is 267 cm³/mol. The van der Waals surface area contributed by atoms with Gasteiger partial charge in [-0.2, -0.15) is 0 Å². The molecule has 10 aromatic carbocycles. The molecule has 300 valence electrons. The summed E-state index contributed by atoms with van der Waals surface area (Å²) in [6.45, 7) is 0. The van der Waals surface area contributed by atoms with Crippen LogP contribution in [0.5, 0.6) is 0 Å². The van der Waals surface area contributed by atoms with Gasteiger partial charge in [0.15, 0.2) is 0 Å². The van der Waals surface area contributed by atoms with Gasteiger partial charge in [0, 0.05) is 28.3 Å². The van der Waals surface area contributed by atoms with Crippen LogP contribution in [0.3, 0.4) is 0 Å². The van der Waals surface area contributed by atoms with Crippen molar-refractivity contribution in [2.75, 3.05) is 0 Å². The van der Waals surface area contributed by atoms with Crippen LogP contribution in [0.1, 0.15) is 45.2 Å². The second-order valence-electron chi connectivity index (χ2n) is 17.6. The Hall–Kier alpha value is -8.00. The van der Waals surface area contributed by atoms with E-state index in [4.69, 9.17) is 0 Å². The summed E-state index contributed by atoms with van der Waals surface area (Å²) in [6, 6.07) is 88.0. The van der Waals surface area contributed by atoms with Crippen LogP contribution < -0.4 is 0 Å². The molecule has 0 radical (unpaired) electrons. The molecule has 0 spiro atoms. The summed E-state index contributed by atoms with van der Waals surface area (Å²) in [4.78, 5) is 0. The molecule has 1 aromatic heterocycles. The van der Waals surface area contributed by atoms with Crippen LogP contribution >= 0.6 is 0 Å². The van der Waals surface area contributed by atoms with Crippen molar-refractivity contribution in [2.24, 2.45) is 0 Å². The molecule has 1 heterocycles. The fourth-order valence-corrected chi connectivity index (χ4v) is 11.1. The normalized spacial score (nSPS) is 13.8.